The number of aromatic hydroxyl groups is 1. The molecule has 0 aliphatic heterocycles. The number of hydrazone groups is 1. The highest BCUT2D eigenvalue weighted by atomic mass is 16.5. The number of H-pyrrole nitrogens is 1. The van der Waals surface area contributed by atoms with Crippen molar-refractivity contribution in [1.29, 1.82) is 0 Å². The van der Waals surface area contributed by atoms with Crippen molar-refractivity contribution in [1.82, 2.24) is 15.6 Å². The van der Waals surface area contributed by atoms with Crippen LogP contribution in [0.5, 0.6) is 17.2 Å². The van der Waals surface area contributed by atoms with E-state index in [2.05, 4.69) is 20.7 Å². The molecule has 0 fully saturated rings. The molecule has 0 aliphatic carbocycles. The highest BCUT2D eigenvalue weighted by Crippen LogP contribution is 2.29. The Kier molecular flexibility index (Phi) is 5.36. The first-order valence-electron chi connectivity index (χ1n) is 8.02. The summed E-state index contributed by atoms with van der Waals surface area (Å²) < 4.78 is 10.3. The van der Waals surface area contributed by atoms with Crippen molar-refractivity contribution in [3.05, 3.63) is 59.8 Å². The molecule has 138 valence electrons. The van der Waals surface area contributed by atoms with Gasteiger partial charge in [-0.05, 0) is 30.3 Å². The highest BCUT2D eigenvalue weighted by Gasteiger charge is 2.13. The number of benzene rings is 2. The van der Waals surface area contributed by atoms with Crippen LogP contribution in [0.15, 0.2) is 53.6 Å². The molecule has 3 rings (SSSR count). The van der Waals surface area contributed by atoms with E-state index in [1.807, 2.05) is 24.3 Å². The number of phenols is 1. The van der Waals surface area contributed by atoms with Gasteiger partial charge in [0.1, 0.15) is 11.4 Å². The molecule has 1 heterocycles. The third kappa shape index (κ3) is 3.90. The van der Waals surface area contributed by atoms with Crippen LogP contribution in [-0.4, -0.2) is 41.6 Å². The second kappa shape index (κ2) is 8.05. The predicted octanol–water partition coefficient (Wildman–Crippen LogP) is 2.56. The monoisotopic (exact) mass is 366 g/mol. The maximum absolute atomic E-state index is 12.2. The molecule has 3 N–H and O–H groups in total. The molecule has 0 saturated carbocycles. The van der Waals surface area contributed by atoms with Crippen LogP contribution < -0.4 is 14.9 Å². The first-order valence-corrected chi connectivity index (χ1v) is 8.02. The van der Waals surface area contributed by atoms with Gasteiger partial charge < -0.3 is 14.6 Å². The van der Waals surface area contributed by atoms with Gasteiger partial charge in [-0.15, -0.1) is 0 Å². The topological polar surface area (TPSA) is 109 Å². The number of carbonyl (C=O) groups is 1. The van der Waals surface area contributed by atoms with E-state index < -0.39 is 5.91 Å². The fourth-order valence-electron chi connectivity index (χ4n) is 2.46. The van der Waals surface area contributed by atoms with Crippen LogP contribution in [0, 0.1) is 0 Å². The lowest BCUT2D eigenvalue weighted by molar-refractivity contribution is 0.0950. The predicted molar refractivity (Wildman–Crippen MR) is 100 cm³/mol. The number of methoxy groups -OCH3 is 2. The summed E-state index contributed by atoms with van der Waals surface area (Å²) in [4.78, 5) is 12.2. The highest BCUT2D eigenvalue weighted by molar-refractivity contribution is 5.94. The Morgan fingerprint density at radius 2 is 1.89 bits per heavy atom. The Balaban J connectivity index is 1.72. The van der Waals surface area contributed by atoms with E-state index in [1.54, 1.807) is 31.4 Å². The van der Waals surface area contributed by atoms with Crippen molar-refractivity contribution >= 4 is 12.1 Å². The molecule has 8 heteroatoms. The number of carbonyl (C=O) groups excluding carboxylic acids is 1. The van der Waals surface area contributed by atoms with E-state index in [0.29, 0.717) is 22.8 Å². The summed E-state index contributed by atoms with van der Waals surface area (Å²) in [6.07, 6.45) is 1.33. The minimum absolute atomic E-state index is 0.0574. The van der Waals surface area contributed by atoms with E-state index in [-0.39, 0.29) is 11.4 Å². The fraction of sp³-hybridized carbons (Fsp3) is 0.105. The summed E-state index contributed by atoms with van der Waals surface area (Å²) in [5.41, 5.74) is 4.37. The van der Waals surface area contributed by atoms with Crippen LogP contribution in [0.3, 0.4) is 0 Å². The first-order chi connectivity index (χ1) is 13.1. The van der Waals surface area contributed by atoms with Crippen LogP contribution in [0.25, 0.3) is 11.3 Å². The van der Waals surface area contributed by atoms with Crippen LogP contribution in [-0.2, 0) is 0 Å². The minimum Gasteiger partial charge on any atom is -0.504 e. The Hall–Kier alpha value is -3.81. The standard InChI is InChI=1S/C19H18N4O4/c1-26-16-8-4-3-7-13(16)14-10-15(22-21-14)19(25)23-20-11-12-6-5-9-17(27-2)18(12)24/h3-11,24H,1-2H3,(H,21,22)(H,23,25)/b20-11+. The molecule has 1 aromatic heterocycles. The second-order valence-electron chi connectivity index (χ2n) is 5.46. The zero-order chi connectivity index (χ0) is 19.2. The van der Waals surface area contributed by atoms with Crippen molar-refractivity contribution in [2.24, 2.45) is 5.10 Å². The Morgan fingerprint density at radius 3 is 2.67 bits per heavy atom. The molecule has 0 spiro atoms. The van der Waals surface area contributed by atoms with Gasteiger partial charge in [0.15, 0.2) is 11.5 Å². The Bertz CT molecular complexity index is 981. The lowest BCUT2D eigenvalue weighted by atomic mass is 10.1. The van der Waals surface area contributed by atoms with Crippen LogP contribution in [0.1, 0.15) is 16.1 Å². The molecule has 27 heavy (non-hydrogen) atoms. The number of hydrogen-bond acceptors (Lipinski definition) is 6. The fourth-order valence-corrected chi connectivity index (χ4v) is 2.46. The van der Waals surface area contributed by atoms with Gasteiger partial charge >= 0.3 is 0 Å². The molecule has 0 bridgehead atoms. The van der Waals surface area contributed by atoms with E-state index >= 15 is 0 Å². The average molecular weight is 366 g/mol. The quantitative estimate of drug-likeness (QED) is 0.459. The van der Waals surface area contributed by atoms with Gasteiger partial charge in [-0.25, -0.2) is 5.43 Å². The summed E-state index contributed by atoms with van der Waals surface area (Å²) in [6.45, 7) is 0. The van der Waals surface area contributed by atoms with Crippen LogP contribution >= 0.6 is 0 Å². The summed E-state index contributed by atoms with van der Waals surface area (Å²) in [7, 11) is 3.02. The van der Waals surface area contributed by atoms with Crippen molar-refractivity contribution in [3.8, 4) is 28.5 Å². The lowest BCUT2D eigenvalue weighted by Gasteiger charge is -2.04. The molecule has 0 aliphatic rings. The molecular formula is C19H18N4O4. The molecule has 2 aromatic carbocycles. The molecule has 3 aromatic rings. The molecule has 1 amide bonds. The smallest absolute Gasteiger partial charge is 0.289 e. The molecule has 0 atom stereocenters. The van der Waals surface area contributed by atoms with Gasteiger partial charge in [-0.3, -0.25) is 9.89 Å². The maximum Gasteiger partial charge on any atom is 0.289 e. The summed E-state index contributed by atoms with van der Waals surface area (Å²) in [5.74, 6) is 0.447. The number of rotatable bonds is 6. The van der Waals surface area contributed by atoms with E-state index in [1.165, 1.54) is 13.3 Å². The summed E-state index contributed by atoms with van der Waals surface area (Å²) in [5, 5.41) is 20.7. The number of ether oxygens (including phenoxy) is 2. The van der Waals surface area contributed by atoms with Gasteiger partial charge in [-0.2, -0.15) is 10.2 Å². The molecule has 0 unspecified atom stereocenters. The SMILES string of the molecule is COc1ccccc1-c1cc(C(=O)N/N=C/c2cccc(OC)c2O)[nH]n1. The third-order valence-electron chi connectivity index (χ3n) is 3.83. The number of hydrogen-bond donors (Lipinski definition) is 3. The van der Waals surface area contributed by atoms with Gasteiger partial charge in [0, 0.05) is 11.1 Å². The number of aromatic amines is 1. The van der Waals surface area contributed by atoms with Crippen molar-refractivity contribution in [2.45, 2.75) is 0 Å². The van der Waals surface area contributed by atoms with E-state index in [0.717, 1.165) is 5.56 Å². The maximum atomic E-state index is 12.2. The molecule has 0 radical (unpaired) electrons. The molecular weight excluding hydrogens is 348 g/mol. The Morgan fingerprint density at radius 1 is 1.15 bits per heavy atom. The normalized spacial score (nSPS) is 10.7. The number of phenolic OH excluding ortho intramolecular Hbond substituents is 1. The summed E-state index contributed by atoms with van der Waals surface area (Å²) in [6, 6.07) is 13.9. The molecule has 0 saturated heterocycles. The largest absolute Gasteiger partial charge is 0.504 e. The van der Waals surface area contributed by atoms with Crippen LogP contribution in [0.2, 0.25) is 0 Å². The van der Waals surface area contributed by atoms with E-state index in [9.17, 15) is 9.90 Å². The molecule has 8 nitrogen and oxygen atoms in total. The zero-order valence-corrected chi connectivity index (χ0v) is 14.8. The van der Waals surface area contributed by atoms with Crippen molar-refractivity contribution in [3.63, 3.8) is 0 Å². The third-order valence-corrected chi connectivity index (χ3v) is 3.83. The van der Waals surface area contributed by atoms with Crippen molar-refractivity contribution < 1.29 is 19.4 Å². The van der Waals surface area contributed by atoms with Crippen molar-refractivity contribution in [2.75, 3.05) is 14.2 Å². The van der Waals surface area contributed by atoms with Gasteiger partial charge in [0.2, 0.25) is 0 Å². The first kappa shape index (κ1) is 18.0. The number of aromatic nitrogens is 2. The number of nitrogens with one attached hydrogen (secondary N) is 2. The number of para-hydroxylation sites is 2. The van der Waals surface area contributed by atoms with Gasteiger partial charge in [-0.1, -0.05) is 18.2 Å². The number of nitrogens with zero attached hydrogens (tertiary/aromatic N) is 2. The van der Waals surface area contributed by atoms with Gasteiger partial charge in [0.05, 0.1) is 26.1 Å². The van der Waals surface area contributed by atoms with Gasteiger partial charge in [0.25, 0.3) is 5.91 Å². The van der Waals surface area contributed by atoms with E-state index in [4.69, 9.17) is 9.47 Å². The van der Waals surface area contributed by atoms with Crippen LogP contribution in [0.4, 0.5) is 0 Å². The minimum atomic E-state index is -0.470. The second-order valence-corrected chi connectivity index (χ2v) is 5.46. The average Bonchev–Trinajstić information content (AvgIpc) is 3.19. The summed E-state index contributed by atoms with van der Waals surface area (Å²) >= 11 is 0. The lowest BCUT2D eigenvalue weighted by Crippen LogP contribution is -2.18. The zero-order valence-electron chi connectivity index (χ0n) is 14.8. The number of amides is 1. The Labute approximate surface area is 155 Å².